The predicted octanol–water partition coefficient (Wildman–Crippen LogP) is 1.47. The van der Waals surface area contributed by atoms with E-state index in [9.17, 15) is 8.42 Å². The highest BCUT2D eigenvalue weighted by atomic mass is 32.2. The van der Waals surface area contributed by atoms with Gasteiger partial charge in [-0.2, -0.15) is 0 Å². The van der Waals surface area contributed by atoms with Crippen LogP contribution in [0.4, 0.5) is 11.4 Å². The lowest BCUT2D eigenvalue weighted by Crippen LogP contribution is -2.46. The van der Waals surface area contributed by atoms with Gasteiger partial charge in [0.2, 0.25) is 0 Å². The molecule has 1 fully saturated rings. The van der Waals surface area contributed by atoms with Crippen molar-refractivity contribution in [1.82, 2.24) is 10.1 Å². The van der Waals surface area contributed by atoms with Crippen molar-refractivity contribution in [2.24, 2.45) is 0 Å². The molecule has 4 heterocycles. The van der Waals surface area contributed by atoms with Gasteiger partial charge in [0, 0.05) is 19.3 Å². The highest BCUT2D eigenvalue weighted by Crippen LogP contribution is 2.42. The molecule has 2 aromatic heterocycles. The molecule has 0 aliphatic carbocycles. The van der Waals surface area contributed by atoms with Gasteiger partial charge in [-0.3, -0.25) is 9.29 Å². The van der Waals surface area contributed by atoms with Gasteiger partial charge < -0.3 is 9.42 Å². The van der Waals surface area contributed by atoms with Crippen LogP contribution in [0.25, 0.3) is 0 Å². The molecule has 116 valence electrons. The summed E-state index contributed by atoms with van der Waals surface area (Å²) in [5.74, 6) is 0.327. The zero-order valence-corrected chi connectivity index (χ0v) is 13.2. The predicted molar refractivity (Wildman–Crippen MR) is 80.5 cm³/mol. The Hall–Kier alpha value is -2.09. The van der Waals surface area contributed by atoms with Crippen LogP contribution in [0.15, 0.2) is 27.9 Å². The molecule has 1 atom stereocenters. The van der Waals surface area contributed by atoms with Gasteiger partial charge in [0.25, 0.3) is 10.0 Å². The Morgan fingerprint density at radius 1 is 1.32 bits per heavy atom. The molecule has 0 spiro atoms. The molecule has 2 bridgehead atoms. The lowest BCUT2D eigenvalue weighted by atomic mass is 10.2. The van der Waals surface area contributed by atoms with E-state index in [0.29, 0.717) is 23.7 Å². The third-order valence-electron chi connectivity index (χ3n) is 4.34. The first-order chi connectivity index (χ1) is 10.5. The average molecular weight is 320 g/mol. The maximum atomic E-state index is 13.2. The summed E-state index contributed by atoms with van der Waals surface area (Å²) in [5, 5.41) is 3.79. The summed E-state index contributed by atoms with van der Waals surface area (Å²) in [6, 6.07) is 1.70. The lowest BCUT2D eigenvalue weighted by Gasteiger charge is -2.36. The van der Waals surface area contributed by atoms with E-state index in [0.717, 1.165) is 18.7 Å². The molecule has 7 nitrogen and oxygen atoms in total. The average Bonchev–Trinajstić information content (AvgIpc) is 3.04. The van der Waals surface area contributed by atoms with Gasteiger partial charge in [0.1, 0.15) is 5.69 Å². The highest BCUT2D eigenvalue weighted by Gasteiger charge is 2.44. The molecule has 0 aromatic carbocycles. The molecule has 0 N–H and O–H groups in total. The SMILES string of the molecule is Cc1noc(C)c1S(=O)(=O)N1c2ccncc2N2CCC1C2. The van der Waals surface area contributed by atoms with E-state index < -0.39 is 10.0 Å². The molecule has 4 rings (SSSR count). The van der Waals surface area contributed by atoms with Crippen LogP contribution in [-0.4, -0.2) is 37.7 Å². The number of fused-ring (bicyclic) bond motifs is 4. The van der Waals surface area contributed by atoms with E-state index in [4.69, 9.17) is 4.52 Å². The van der Waals surface area contributed by atoms with Gasteiger partial charge >= 0.3 is 0 Å². The molecule has 8 heteroatoms. The minimum atomic E-state index is -3.71. The van der Waals surface area contributed by atoms with Gasteiger partial charge in [-0.05, 0) is 26.3 Å². The first kappa shape index (κ1) is 13.6. The number of anilines is 2. The number of rotatable bonds is 2. The molecule has 0 saturated carbocycles. The fourth-order valence-corrected chi connectivity index (χ4v) is 5.41. The Balaban J connectivity index is 1.93. The van der Waals surface area contributed by atoms with Crippen LogP contribution in [0, 0.1) is 13.8 Å². The van der Waals surface area contributed by atoms with Crippen LogP contribution in [0.3, 0.4) is 0 Å². The standard InChI is InChI=1S/C14H16N4O3S/c1-9-14(10(2)21-16-9)22(19,20)18-11-4-6-17(8-11)13-7-15-5-3-12(13)18/h3,5,7,11H,4,6,8H2,1-2H3. The first-order valence-electron chi connectivity index (χ1n) is 7.16. The number of pyridine rings is 1. The van der Waals surface area contributed by atoms with E-state index in [1.54, 1.807) is 32.3 Å². The van der Waals surface area contributed by atoms with Crippen molar-refractivity contribution < 1.29 is 12.9 Å². The molecular weight excluding hydrogens is 304 g/mol. The monoisotopic (exact) mass is 320 g/mol. The van der Waals surface area contributed by atoms with Gasteiger partial charge in [-0.1, -0.05) is 5.16 Å². The summed E-state index contributed by atoms with van der Waals surface area (Å²) >= 11 is 0. The fourth-order valence-electron chi connectivity index (χ4n) is 3.42. The summed E-state index contributed by atoms with van der Waals surface area (Å²) in [6.45, 7) is 4.82. The van der Waals surface area contributed by atoms with Crippen molar-refractivity contribution in [3.63, 3.8) is 0 Å². The van der Waals surface area contributed by atoms with Crippen LogP contribution in [0.1, 0.15) is 17.9 Å². The van der Waals surface area contributed by atoms with Crippen LogP contribution >= 0.6 is 0 Å². The van der Waals surface area contributed by atoms with Crippen LogP contribution < -0.4 is 9.21 Å². The summed E-state index contributed by atoms with van der Waals surface area (Å²) in [5.41, 5.74) is 1.95. The molecule has 0 radical (unpaired) electrons. The summed E-state index contributed by atoms with van der Waals surface area (Å²) in [6.07, 6.45) is 4.16. The molecule has 1 saturated heterocycles. The van der Waals surface area contributed by atoms with E-state index in [-0.39, 0.29) is 10.9 Å². The Kier molecular flexibility index (Phi) is 2.75. The summed E-state index contributed by atoms with van der Waals surface area (Å²) in [7, 11) is -3.71. The Bertz CT molecular complexity index is 826. The lowest BCUT2D eigenvalue weighted by molar-refractivity contribution is 0.390. The summed E-state index contributed by atoms with van der Waals surface area (Å²) < 4.78 is 33.0. The summed E-state index contributed by atoms with van der Waals surface area (Å²) in [4.78, 5) is 6.50. The topological polar surface area (TPSA) is 79.5 Å². The normalized spacial score (nSPS) is 20.4. The van der Waals surface area contributed by atoms with Crippen LogP contribution in [0.5, 0.6) is 0 Å². The zero-order valence-electron chi connectivity index (χ0n) is 12.4. The third-order valence-corrected chi connectivity index (χ3v) is 6.45. The van der Waals surface area contributed by atoms with Crippen molar-refractivity contribution in [3.05, 3.63) is 29.9 Å². The van der Waals surface area contributed by atoms with E-state index >= 15 is 0 Å². The van der Waals surface area contributed by atoms with Crippen molar-refractivity contribution in [1.29, 1.82) is 0 Å². The van der Waals surface area contributed by atoms with E-state index in [1.165, 1.54) is 4.31 Å². The van der Waals surface area contributed by atoms with Gasteiger partial charge in [-0.15, -0.1) is 0 Å². The number of aryl methyl sites for hydroxylation is 2. The van der Waals surface area contributed by atoms with Gasteiger partial charge in [0.05, 0.1) is 23.6 Å². The smallest absolute Gasteiger partial charge is 0.270 e. The van der Waals surface area contributed by atoms with Crippen LogP contribution in [0.2, 0.25) is 0 Å². The largest absolute Gasteiger partial charge is 0.366 e. The fraction of sp³-hybridized carbons (Fsp3) is 0.429. The minimum Gasteiger partial charge on any atom is -0.366 e. The van der Waals surface area contributed by atoms with Crippen molar-refractivity contribution in [3.8, 4) is 0 Å². The molecule has 2 aliphatic rings. The Morgan fingerprint density at radius 3 is 2.86 bits per heavy atom. The van der Waals surface area contributed by atoms with Crippen LogP contribution in [-0.2, 0) is 10.0 Å². The maximum absolute atomic E-state index is 13.2. The van der Waals surface area contributed by atoms with Gasteiger partial charge in [0.15, 0.2) is 10.7 Å². The maximum Gasteiger partial charge on any atom is 0.270 e. The number of aromatic nitrogens is 2. The second-order valence-corrected chi connectivity index (χ2v) is 7.46. The van der Waals surface area contributed by atoms with Crippen molar-refractivity contribution >= 4 is 21.4 Å². The molecule has 1 unspecified atom stereocenters. The zero-order chi connectivity index (χ0) is 15.5. The number of hydrogen-bond acceptors (Lipinski definition) is 6. The second-order valence-electron chi connectivity index (χ2n) is 5.71. The Labute approximate surface area is 128 Å². The van der Waals surface area contributed by atoms with E-state index in [2.05, 4.69) is 15.0 Å². The molecule has 2 aliphatic heterocycles. The quantitative estimate of drug-likeness (QED) is 0.834. The second kappa shape index (κ2) is 4.45. The highest BCUT2D eigenvalue weighted by molar-refractivity contribution is 7.93. The molecule has 2 aromatic rings. The number of hydrogen-bond donors (Lipinski definition) is 0. The molecular formula is C14H16N4O3S. The molecule has 0 amide bonds. The van der Waals surface area contributed by atoms with Crippen molar-refractivity contribution in [2.45, 2.75) is 31.2 Å². The first-order valence-corrected chi connectivity index (χ1v) is 8.60. The van der Waals surface area contributed by atoms with E-state index in [1.807, 2.05) is 0 Å². The minimum absolute atomic E-state index is 0.0615. The number of sulfonamides is 1. The van der Waals surface area contributed by atoms with Gasteiger partial charge in [-0.25, -0.2) is 8.42 Å². The Morgan fingerprint density at radius 2 is 2.14 bits per heavy atom. The molecule has 22 heavy (non-hydrogen) atoms. The number of nitrogens with zero attached hydrogens (tertiary/aromatic N) is 4. The third kappa shape index (κ3) is 1.70. The van der Waals surface area contributed by atoms with Crippen molar-refractivity contribution in [2.75, 3.05) is 22.3 Å².